The average molecular weight is 523 g/mol. The fourth-order valence-corrected chi connectivity index (χ4v) is 4.16. The molecule has 1 aliphatic heterocycles. The molecule has 4 aromatic rings. The molecule has 0 spiro atoms. The Labute approximate surface area is 194 Å². The molecule has 5 rings (SSSR count). The number of halogens is 4. The van der Waals surface area contributed by atoms with Crippen molar-refractivity contribution in [2.75, 3.05) is 0 Å². The van der Waals surface area contributed by atoms with E-state index in [2.05, 4.69) is 35.5 Å². The first-order chi connectivity index (χ1) is 15.2. The summed E-state index contributed by atoms with van der Waals surface area (Å²) in [5.41, 5.74) is 4.22. The molecular weight excluding hydrogens is 508 g/mol. The van der Waals surface area contributed by atoms with Crippen molar-refractivity contribution in [3.05, 3.63) is 58.5 Å². The van der Waals surface area contributed by atoms with Gasteiger partial charge in [-0.25, -0.2) is 4.98 Å². The van der Waals surface area contributed by atoms with E-state index in [1.54, 1.807) is 17.7 Å². The van der Waals surface area contributed by atoms with Gasteiger partial charge in [0, 0.05) is 35.1 Å². The quantitative estimate of drug-likeness (QED) is 0.285. The van der Waals surface area contributed by atoms with Crippen LogP contribution in [0, 0.1) is 6.92 Å². The second-order valence-corrected chi connectivity index (χ2v) is 8.39. The van der Waals surface area contributed by atoms with Crippen molar-refractivity contribution in [2.45, 2.75) is 19.1 Å². The van der Waals surface area contributed by atoms with E-state index < -0.39 is 6.29 Å². The number of alkyl halides is 3. The molecule has 2 aromatic heterocycles. The molecule has 0 saturated carbocycles. The molecule has 6 nitrogen and oxygen atoms in total. The molecule has 164 valence electrons. The smallest absolute Gasteiger partial charge is 0.440 e. The van der Waals surface area contributed by atoms with Crippen LogP contribution in [0.2, 0.25) is 0 Å². The van der Waals surface area contributed by atoms with Gasteiger partial charge in [0.1, 0.15) is 5.69 Å². The van der Waals surface area contributed by atoms with Crippen molar-refractivity contribution in [3.63, 3.8) is 0 Å². The van der Waals surface area contributed by atoms with Gasteiger partial charge in [0.15, 0.2) is 23.1 Å². The number of nitrogens with zero attached hydrogens (tertiary/aromatic N) is 3. The Bertz CT molecular complexity index is 1350. The fourth-order valence-electron chi connectivity index (χ4n) is 3.67. The van der Waals surface area contributed by atoms with Crippen LogP contribution in [-0.2, 0) is 12.9 Å². The molecular formula is C22H15BrClF2N3O3. The predicted octanol–water partition coefficient (Wildman–Crippen LogP) is 6.54. The first kappa shape index (κ1) is 21.0. The van der Waals surface area contributed by atoms with Gasteiger partial charge in [-0.3, -0.25) is 4.68 Å². The largest absolute Gasteiger partial charge is 0.586 e. The van der Waals surface area contributed by atoms with Crippen molar-refractivity contribution in [1.29, 1.82) is 0 Å². The zero-order valence-corrected chi connectivity index (χ0v) is 19.2. The third-order valence-corrected chi connectivity index (χ3v) is 5.75. The molecule has 10 heteroatoms. The summed E-state index contributed by atoms with van der Waals surface area (Å²) < 4.78 is 44.6. The van der Waals surface area contributed by atoms with Crippen LogP contribution in [0.25, 0.3) is 33.8 Å². The zero-order valence-electron chi connectivity index (χ0n) is 16.8. The summed E-state index contributed by atoms with van der Waals surface area (Å²) in [6.45, 7) is 1.72. The van der Waals surface area contributed by atoms with Crippen LogP contribution in [0.15, 0.2) is 51.4 Å². The Morgan fingerprint density at radius 3 is 2.59 bits per heavy atom. The molecule has 0 fully saturated rings. The highest BCUT2D eigenvalue weighted by molar-refractivity contribution is 9.10. The van der Waals surface area contributed by atoms with Crippen LogP contribution in [0.5, 0.6) is 11.5 Å². The second-order valence-electron chi connectivity index (χ2n) is 7.21. The number of hydrogen-bond acceptors (Lipinski definition) is 5. The lowest BCUT2D eigenvalue weighted by Crippen LogP contribution is -2.25. The van der Waals surface area contributed by atoms with E-state index in [1.807, 2.05) is 31.3 Å². The molecule has 0 bridgehead atoms. The monoisotopic (exact) mass is 521 g/mol. The molecule has 0 amide bonds. The van der Waals surface area contributed by atoms with Gasteiger partial charge in [-0.05, 0) is 36.4 Å². The summed E-state index contributed by atoms with van der Waals surface area (Å²) in [5.74, 6) is 1.10. The van der Waals surface area contributed by atoms with Gasteiger partial charge < -0.3 is 13.9 Å². The lowest BCUT2D eigenvalue weighted by Gasteiger charge is -2.10. The molecule has 0 unspecified atom stereocenters. The molecule has 0 saturated heterocycles. The number of benzene rings is 2. The maximum absolute atomic E-state index is 13.5. The van der Waals surface area contributed by atoms with Gasteiger partial charge in [0.2, 0.25) is 0 Å². The van der Waals surface area contributed by atoms with Crippen LogP contribution in [0.4, 0.5) is 8.78 Å². The molecule has 1 aliphatic rings. The van der Waals surface area contributed by atoms with E-state index in [9.17, 15) is 8.78 Å². The highest BCUT2D eigenvalue weighted by Gasteiger charge is 2.43. The minimum absolute atomic E-state index is 0.0350. The van der Waals surface area contributed by atoms with Crippen molar-refractivity contribution in [3.8, 4) is 45.3 Å². The van der Waals surface area contributed by atoms with E-state index in [-0.39, 0.29) is 17.4 Å². The van der Waals surface area contributed by atoms with E-state index in [1.165, 1.54) is 12.1 Å². The van der Waals surface area contributed by atoms with Gasteiger partial charge in [-0.1, -0.05) is 22.0 Å². The number of aryl methyl sites for hydroxylation is 2. The Morgan fingerprint density at radius 1 is 1.06 bits per heavy atom. The Morgan fingerprint density at radius 2 is 1.84 bits per heavy atom. The van der Waals surface area contributed by atoms with Crippen LogP contribution < -0.4 is 9.47 Å². The van der Waals surface area contributed by atoms with Crippen LogP contribution in [0.1, 0.15) is 11.6 Å². The minimum Gasteiger partial charge on any atom is -0.440 e. The highest BCUT2D eigenvalue weighted by Crippen LogP contribution is 2.45. The normalized spacial score (nSPS) is 14.2. The lowest BCUT2D eigenvalue weighted by molar-refractivity contribution is -0.286. The molecule has 0 aliphatic carbocycles. The maximum atomic E-state index is 13.5. The number of ether oxygens (including phenoxy) is 2. The number of aromatic nitrogens is 3. The summed E-state index contributed by atoms with van der Waals surface area (Å²) in [5, 5.41) is 4.43. The average Bonchev–Trinajstić information content (AvgIpc) is 3.40. The first-order valence-corrected chi connectivity index (χ1v) is 10.8. The molecule has 0 radical (unpaired) electrons. The SMILES string of the molecule is Cc1nc(-c2ccc3c(c2)OC(F)(F)O3)c(-c2cc(Br)ccc2-c2cc(CCl)nn2C)o1. The summed E-state index contributed by atoms with van der Waals surface area (Å²) in [6.07, 6.45) is -3.69. The topological polar surface area (TPSA) is 62.3 Å². The second kappa shape index (κ2) is 7.60. The third-order valence-electron chi connectivity index (χ3n) is 4.98. The van der Waals surface area contributed by atoms with Crippen molar-refractivity contribution in [1.82, 2.24) is 14.8 Å². The minimum atomic E-state index is -3.69. The highest BCUT2D eigenvalue weighted by atomic mass is 79.9. The van der Waals surface area contributed by atoms with Gasteiger partial charge in [-0.15, -0.1) is 20.4 Å². The molecule has 2 aromatic carbocycles. The van der Waals surface area contributed by atoms with Crippen LogP contribution in [0.3, 0.4) is 0 Å². The Kier molecular flexibility index (Phi) is 4.98. The fraction of sp³-hybridized carbons (Fsp3) is 0.182. The van der Waals surface area contributed by atoms with E-state index >= 15 is 0 Å². The predicted molar refractivity (Wildman–Crippen MR) is 118 cm³/mol. The van der Waals surface area contributed by atoms with Gasteiger partial charge in [0.25, 0.3) is 0 Å². The molecule has 32 heavy (non-hydrogen) atoms. The van der Waals surface area contributed by atoms with Crippen molar-refractivity contribution >= 4 is 27.5 Å². The number of fused-ring (bicyclic) bond motifs is 1. The molecule has 3 heterocycles. The maximum Gasteiger partial charge on any atom is 0.586 e. The Hall–Kier alpha value is -2.91. The number of oxazole rings is 1. The van der Waals surface area contributed by atoms with Gasteiger partial charge in [0.05, 0.1) is 17.3 Å². The molecule has 0 N–H and O–H groups in total. The summed E-state index contributed by atoms with van der Waals surface area (Å²) in [7, 11) is 1.84. The standard InChI is InChI=1S/C22H15BrClF2N3O3/c1-11-27-20(12-3-6-18-19(7-12)32-22(25,26)31-18)21(30-11)16-8-13(23)4-5-15(16)17-9-14(10-24)28-29(17)2/h3-9H,10H2,1-2H3. The summed E-state index contributed by atoms with van der Waals surface area (Å²) in [4.78, 5) is 4.52. The summed E-state index contributed by atoms with van der Waals surface area (Å²) >= 11 is 9.49. The Balaban J connectivity index is 1.67. The van der Waals surface area contributed by atoms with Gasteiger partial charge >= 0.3 is 6.29 Å². The van der Waals surface area contributed by atoms with Crippen LogP contribution in [-0.4, -0.2) is 21.1 Å². The van der Waals surface area contributed by atoms with Crippen LogP contribution >= 0.6 is 27.5 Å². The van der Waals surface area contributed by atoms with Crippen molar-refractivity contribution < 1.29 is 22.7 Å². The zero-order chi connectivity index (χ0) is 22.6. The molecule has 0 atom stereocenters. The van der Waals surface area contributed by atoms with E-state index in [4.69, 9.17) is 16.0 Å². The van der Waals surface area contributed by atoms with Gasteiger partial charge in [-0.2, -0.15) is 5.10 Å². The first-order valence-electron chi connectivity index (χ1n) is 9.51. The summed E-state index contributed by atoms with van der Waals surface area (Å²) in [6, 6.07) is 12.2. The number of hydrogen-bond donors (Lipinski definition) is 0. The third kappa shape index (κ3) is 3.65. The van der Waals surface area contributed by atoms with E-state index in [0.717, 1.165) is 27.0 Å². The van der Waals surface area contributed by atoms with Crippen molar-refractivity contribution in [2.24, 2.45) is 7.05 Å². The van der Waals surface area contributed by atoms with E-state index in [0.29, 0.717) is 22.9 Å². The lowest BCUT2D eigenvalue weighted by atomic mass is 9.98. The number of rotatable bonds is 4.